The Morgan fingerprint density at radius 1 is 0.364 bits per heavy atom. The van der Waals surface area contributed by atoms with Crippen LogP contribution in [0, 0.1) is 0 Å². The first-order chi connectivity index (χ1) is 43.0. The number of phosphoric ester groups is 1. The zero-order chi connectivity index (χ0) is 64.1. The van der Waals surface area contributed by atoms with Crippen molar-refractivity contribution in [2.24, 2.45) is 0 Å². The molecular formula is C78H143NO8P+. The van der Waals surface area contributed by atoms with E-state index in [0.29, 0.717) is 23.9 Å². The maximum Gasteiger partial charge on any atom is 0.472 e. The van der Waals surface area contributed by atoms with Crippen LogP contribution in [0.1, 0.15) is 348 Å². The van der Waals surface area contributed by atoms with Crippen LogP contribution in [-0.2, 0) is 32.7 Å². The van der Waals surface area contributed by atoms with Crippen LogP contribution in [0.25, 0.3) is 0 Å². The van der Waals surface area contributed by atoms with Crippen molar-refractivity contribution in [3.63, 3.8) is 0 Å². The van der Waals surface area contributed by atoms with E-state index in [1.807, 2.05) is 21.1 Å². The van der Waals surface area contributed by atoms with E-state index in [9.17, 15) is 19.0 Å². The molecule has 0 aliphatic rings. The lowest BCUT2D eigenvalue weighted by Crippen LogP contribution is -2.37. The van der Waals surface area contributed by atoms with Crippen LogP contribution in [0.15, 0.2) is 85.1 Å². The minimum absolute atomic E-state index is 0.0307. The van der Waals surface area contributed by atoms with Crippen LogP contribution >= 0.6 is 7.82 Å². The van der Waals surface area contributed by atoms with Gasteiger partial charge >= 0.3 is 19.8 Å². The lowest BCUT2D eigenvalue weighted by atomic mass is 10.0. The molecule has 1 N–H and O–H groups in total. The molecule has 0 fully saturated rings. The molecule has 88 heavy (non-hydrogen) atoms. The first kappa shape index (κ1) is 85.2. The van der Waals surface area contributed by atoms with Crippen LogP contribution < -0.4 is 0 Å². The van der Waals surface area contributed by atoms with E-state index in [1.165, 1.54) is 238 Å². The van der Waals surface area contributed by atoms with Gasteiger partial charge in [0.1, 0.15) is 19.8 Å². The van der Waals surface area contributed by atoms with E-state index in [1.54, 1.807) is 0 Å². The fourth-order valence-corrected chi connectivity index (χ4v) is 11.5. The van der Waals surface area contributed by atoms with Gasteiger partial charge < -0.3 is 18.9 Å². The second kappa shape index (κ2) is 68.6. The van der Waals surface area contributed by atoms with Crippen molar-refractivity contribution in [1.29, 1.82) is 0 Å². The summed E-state index contributed by atoms with van der Waals surface area (Å²) in [6, 6.07) is 0. The molecule has 0 bridgehead atoms. The third-order valence-corrected chi connectivity index (χ3v) is 17.4. The van der Waals surface area contributed by atoms with Crippen molar-refractivity contribution in [3.05, 3.63) is 85.1 Å². The van der Waals surface area contributed by atoms with E-state index in [-0.39, 0.29) is 25.6 Å². The van der Waals surface area contributed by atoms with E-state index >= 15 is 0 Å². The molecule has 0 saturated heterocycles. The zero-order valence-corrected chi connectivity index (χ0v) is 59.4. The van der Waals surface area contributed by atoms with E-state index < -0.39 is 26.5 Å². The normalized spacial score (nSPS) is 13.6. The molecule has 0 heterocycles. The number of carbonyl (C=O) groups is 2. The first-order valence-electron chi connectivity index (χ1n) is 37.3. The number of quaternary nitrogens is 1. The minimum atomic E-state index is -4.40. The largest absolute Gasteiger partial charge is 0.472 e. The van der Waals surface area contributed by atoms with Gasteiger partial charge in [-0.05, 0) is 89.9 Å². The number of allylic oxidation sites excluding steroid dienone is 14. The maximum atomic E-state index is 12.9. The fraction of sp³-hybridized carbons (Fsp3) is 0.795. The second-order valence-corrected chi connectivity index (χ2v) is 27.8. The first-order valence-corrected chi connectivity index (χ1v) is 38.8. The molecular weight excluding hydrogens is 1110 g/mol. The maximum absolute atomic E-state index is 12.9. The molecule has 0 aromatic rings. The third-order valence-electron chi connectivity index (χ3n) is 16.4. The van der Waals surface area contributed by atoms with Gasteiger partial charge in [-0.3, -0.25) is 18.6 Å². The Hall–Kier alpha value is -2.81. The summed E-state index contributed by atoms with van der Waals surface area (Å²) in [7, 11) is 1.48. The monoisotopic (exact) mass is 1250 g/mol. The average molecular weight is 1250 g/mol. The lowest BCUT2D eigenvalue weighted by molar-refractivity contribution is -0.870. The highest BCUT2D eigenvalue weighted by molar-refractivity contribution is 7.47. The van der Waals surface area contributed by atoms with Crippen molar-refractivity contribution in [2.45, 2.75) is 354 Å². The number of nitrogens with zero attached hydrogens (tertiary/aromatic N) is 1. The highest BCUT2D eigenvalue weighted by atomic mass is 31.2. The minimum Gasteiger partial charge on any atom is -0.462 e. The Bertz CT molecular complexity index is 1760. The number of likely N-dealkylation sites (N-methyl/N-ethyl adjacent to an activating group) is 1. The van der Waals surface area contributed by atoms with Crippen LogP contribution in [0.3, 0.4) is 0 Å². The van der Waals surface area contributed by atoms with Crippen LogP contribution in [0.5, 0.6) is 0 Å². The molecule has 0 radical (unpaired) electrons. The number of ether oxygens (including phenoxy) is 2. The average Bonchev–Trinajstić information content (AvgIpc) is 3.68. The third kappa shape index (κ3) is 72.3. The summed E-state index contributed by atoms with van der Waals surface area (Å²) in [5.74, 6) is -0.785. The molecule has 0 rings (SSSR count). The number of esters is 2. The molecule has 2 unspecified atom stereocenters. The molecule has 0 saturated carbocycles. The van der Waals surface area contributed by atoms with Gasteiger partial charge in [-0.15, -0.1) is 0 Å². The van der Waals surface area contributed by atoms with Crippen molar-refractivity contribution in [1.82, 2.24) is 0 Å². The quantitative estimate of drug-likeness (QED) is 0.0211. The van der Waals surface area contributed by atoms with E-state index in [0.717, 1.165) is 77.0 Å². The number of rotatable bonds is 69. The van der Waals surface area contributed by atoms with Gasteiger partial charge in [0, 0.05) is 12.8 Å². The number of unbranched alkanes of at least 4 members (excludes halogenated alkanes) is 41. The van der Waals surface area contributed by atoms with Gasteiger partial charge in [-0.25, -0.2) is 4.57 Å². The van der Waals surface area contributed by atoms with E-state index in [4.69, 9.17) is 18.5 Å². The Balaban J connectivity index is 3.97. The molecule has 0 aliphatic heterocycles. The number of hydrogen-bond acceptors (Lipinski definition) is 7. The summed E-state index contributed by atoms with van der Waals surface area (Å²) in [4.78, 5) is 35.9. The molecule has 0 aromatic heterocycles. The predicted octanol–water partition coefficient (Wildman–Crippen LogP) is 24.5. The predicted molar refractivity (Wildman–Crippen MR) is 381 cm³/mol. The molecule has 0 spiro atoms. The van der Waals surface area contributed by atoms with Crippen LogP contribution in [0.4, 0.5) is 0 Å². The molecule has 0 amide bonds. The standard InChI is InChI=1S/C78H142NO8P/c1-6-8-10-12-14-16-18-20-22-24-26-28-30-32-34-36-37-38-39-40-41-43-44-46-48-50-52-54-56-58-60-62-64-66-68-70-77(80)84-74-76(75-86-88(82,83)85-73-72-79(3,4)5)87-78(81)71-69-67-65-63-61-59-57-55-53-51-49-47-45-42-35-33-31-29-27-25-23-21-19-17-15-13-11-9-7-2/h9,11,15,17-18,20-21,23-24,26-27,29,33,35,76H,6-8,10,12-14,16,19,22,25,28,30-32,34,36-75H2,1-5H3/p+1/b11-9-,17-15-,20-18-,23-21-,26-24-,29-27-,35-33-. The van der Waals surface area contributed by atoms with Gasteiger partial charge in [0.15, 0.2) is 6.10 Å². The summed E-state index contributed by atoms with van der Waals surface area (Å²) in [5, 5.41) is 0. The van der Waals surface area contributed by atoms with Crippen molar-refractivity contribution in [2.75, 3.05) is 47.5 Å². The Morgan fingerprint density at radius 3 is 0.966 bits per heavy atom. The smallest absolute Gasteiger partial charge is 0.462 e. The Labute approximate surface area is 545 Å². The summed E-state index contributed by atoms with van der Waals surface area (Å²) in [5.41, 5.74) is 0. The van der Waals surface area contributed by atoms with Crippen molar-refractivity contribution in [3.8, 4) is 0 Å². The second-order valence-electron chi connectivity index (χ2n) is 26.3. The summed E-state index contributed by atoms with van der Waals surface area (Å²) < 4.78 is 34.8. The molecule has 10 heteroatoms. The van der Waals surface area contributed by atoms with Gasteiger partial charge in [-0.1, -0.05) is 330 Å². The van der Waals surface area contributed by atoms with Gasteiger partial charge in [0.05, 0.1) is 27.7 Å². The topological polar surface area (TPSA) is 108 Å². The van der Waals surface area contributed by atoms with E-state index in [2.05, 4.69) is 98.9 Å². The number of carbonyl (C=O) groups excluding carboxylic acids is 2. The zero-order valence-electron chi connectivity index (χ0n) is 58.5. The summed E-state index contributed by atoms with van der Waals surface area (Å²) in [6.45, 7) is 4.35. The summed E-state index contributed by atoms with van der Waals surface area (Å²) in [6.07, 6.45) is 94.2. The molecule has 2 atom stereocenters. The fourth-order valence-electron chi connectivity index (χ4n) is 10.7. The van der Waals surface area contributed by atoms with Crippen molar-refractivity contribution >= 4 is 19.8 Å². The Kier molecular flexibility index (Phi) is 66.4. The molecule has 512 valence electrons. The Morgan fingerprint density at radius 2 is 0.648 bits per heavy atom. The SMILES string of the molecule is CC/C=C\C/C=C\C/C=C\C/C=C\C/C=C\CCCCCCCCCCCCCCCC(=O)OC(COC(=O)CCCCCCCCCCCCCCCCCCCCCCCCC/C=C\C/C=C\CCCCCCC)COP(=O)(O)OCC[N+](C)(C)C. The number of hydrogen-bond donors (Lipinski definition) is 1. The molecule has 9 nitrogen and oxygen atoms in total. The molecule has 0 aliphatic carbocycles. The number of phosphoric acid groups is 1. The van der Waals surface area contributed by atoms with Crippen LogP contribution in [0.2, 0.25) is 0 Å². The van der Waals surface area contributed by atoms with Crippen molar-refractivity contribution < 1.29 is 42.1 Å². The lowest BCUT2D eigenvalue weighted by Gasteiger charge is -2.24. The van der Waals surface area contributed by atoms with Gasteiger partial charge in [0.25, 0.3) is 0 Å². The highest BCUT2D eigenvalue weighted by Gasteiger charge is 2.27. The van der Waals surface area contributed by atoms with Crippen LogP contribution in [-0.4, -0.2) is 74.9 Å². The highest BCUT2D eigenvalue weighted by Crippen LogP contribution is 2.43. The molecule has 0 aromatic carbocycles. The van der Waals surface area contributed by atoms with Gasteiger partial charge in [-0.2, -0.15) is 0 Å². The van der Waals surface area contributed by atoms with Gasteiger partial charge in [0.2, 0.25) is 0 Å². The summed E-state index contributed by atoms with van der Waals surface area (Å²) >= 11 is 0.